The van der Waals surface area contributed by atoms with E-state index in [0.29, 0.717) is 6.04 Å². The standard InChI is InChI=1S/C32H45NSi/c1-30(2)31(3,33-27-19-15-16-20-27)25-17-7-5-6-8-18-26-32(30,4)34(28-21-11-9-12-22-28)29-23-13-10-14-24-29/h9-16,19-24,27,33-34H,5-8,17-18,25-26H2,1-4H3. The van der Waals surface area contributed by atoms with Gasteiger partial charge in [-0.3, -0.25) is 0 Å². The van der Waals surface area contributed by atoms with E-state index in [9.17, 15) is 0 Å². The van der Waals surface area contributed by atoms with Crippen LogP contribution in [0.1, 0.15) is 79.1 Å². The first-order valence-corrected chi connectivity index (χ1v) is 15.3. The summed E-state index contributed by atoms with van der Waals surface area (Å²) in [6.07, 6.45) is 19.7. The fourth-order valence-electron chi connectivity index (χ4n) is 6.81. The first-order chi connectivity index (χ1) is 16.4. The minimum atomic E-state index is -1.58. The molecule has 2 unspecified atom stereocenters. The molecule has 1 nitrogen and oxygen atoms in total. The lowest BCUT2D eigenvalue weighted by Gasteiger charge is -2.59. The number of hydrogen-bond acceptors (Lipinski definition) is 1. The van der Waals surface area contributed by atoms with Crippen molar-refractivity contribution in [3.05, 3.63) is 85.0 Å². The van der Waals surface area contributed by atoms with Gasteiger partial charge in [-0.15, -0.1) is 0 Å². The van der Waals surface area contributed by atoms with Gasteiger partial charge in [0.15, 0.2) is 0 Å². The Bertz CT molecular complexity index is 912. The van der Waals surface area contributed by atoms with E-state index in [-0.39, 0.29) is 16.0 Å². The second-order valence-corrected chi connectivity index (χ2v) is 15.2. The molecule has 0 aromatic heterocycles. The molecule has 0 spiro atoms. The number of allylic oxidation sites excluding steroid dienone is 2. The predicted octanol–water partition coefficient (Wildman–Crippen LogP) is 6.79. The predicted molar refractivity (Wildman–Crippen MR) is 152 cm³/mol. The molecule has 2 aromatic rings. The Labute approximate surface area is 210 Å². The lowest BCUT2D eigenvalue weighted by Crippen LogP contribution is -2.66. The maximum atomic E-state index is 4.18. The summed E-state index contributed by atoms with van der Waals surface area (Å²) in [6.45, 7) is 10.4. The van der Waals surface area contributed by atoms with Crippen molar-refractivity contribution in [3.63, 3.8) is 0 Å². The lowest BCUT2D eigenvalue weighted by molar-refractivity contribution is 0.0642. The van der Waals surface area contributed by atoms with Gasteiger partial charge < -0.3 is 5.32 Å². The number of hydrogen-bond donors (Lipinski definition) is 1. The first kappa shape index (κ1) is 25.2. The molecule has 0 saturated heterocycles. The van der Waals surface area contributed by atoms with E-state index in [2.05, 4.69) is 118 Å². The molecule has 0 bridgehead atoms. The van der Waals surface area contributed by atoms with Gasteiger partial charge in [-0.2, -0.15) is 0 Å². The van der Waals surface area contributed by atoms with Crippen LogP contribution in [0.4, 0.5) is 0 Å². The van der Waals surface area contributed by atoms with Crippen LogP contribution in [0.3, 0.4) is 0 Å². The van der Waals surface area contributed by atoms with Gasteiger partial charge in [0.1, 0.15) is 8.80 Å². The highest BCUT2D eigenvalue weighted by Gasteiger charge is 2.56. The summed E-state index contributed by atoms with van der Waals surface area (Å²) in [7, 11) is -1.58. The van der Waals surface area contributed by atoms with Crippen molar-refractivity contribution < 1.29 is 0 Å². The van der Waals surface area contributed by atoms with Crippen LogP contribution in [0.15, 0.2) is 85.0 Å². The summed E-state index contributed by atoms with van der Waals surface area (Å²) < 4.78 is 0. The molecule has 2 aromatic carbocycles. The minimum absolute atomic E-state index is 0.0462. The second kappa shape index (κ2) is 10.8. The zero-order valence-corrected chi connectivity index (χ0v) is 23.0. The van der Waals surface area contributed by atoms with E-state index in [4.69, 9.17) is 0 Å². The first-order valence-electron chi connectivity index (χ1n) is 13.6. The largest absolute Gasteiger partial charge is 0.301 e. The molecule has 2 atom stereocenters. The molecule has 0 heterocycles. The van der Waals surface area contributed by atoms with Crippen LogP contribution in [0, 0.1) is 5.41 Å². The average Bonchev–Trinajstić information content (AvgIpc) is 3.34. The minimum Gasteiger partial charge on any atom is -0.301 e. The molecule has 2 aliphatic carbocycles. The van der Waals surface area contributed by atoms with Crippen LogP contribution in [0.5, 0.6) is 0 Å². The number of rotatable bonds is 5. The van der Waals surface area contributed by atoms with Crippen molar-refractivity contribution in [3.8, 4) is 0 Å². The molecule has 34 heavy (non-hydrogen) atoms. The van der Waals surface area contributed by atoms with Crippen molar-refractivity contribution in [2.45, 2.75) is 95.7 Å². The molecule has 2 heteroatoms. The van der Waals surface area contributed by atoms with Crippen LogP contribution in [-0.4, -0.2) is 20.4 Å². The highest BCUT2D eigenvalue weighted by molar-refractivity contribution is 6.87. The van der Waals surface area contributed by atoms with Gasteiger partial charge in [0.05, 0.1) is 0 Å². The molecule has 0 radical (unpaired) electrons. The second-order valence-electron chi connectivity index (χ2n) is 11.7. The third-order valence-electron chi connectivity index (χ3n) is 9.57. The highest BCUT2D eigenvalue weighted by atomic mass is 28.3. The van der Waals surface area contributed by atoms with E-state index < -0.39 is 8.80 Å². The van der Waals surface area contributed by atoms with Gasteiger partial charge >= 0.3 is 0 Å². The third kappa shape index (κ3) is 5.04. The van der Waals surface area contributed by atoms with Crippen molar-refractivity contribution in [1.29, 1.82) is 0 Å². The highest BCUT2D eigenvalue weighted by Crippen LogP contribution is 2.58. The SMILES string of the molecule is CC1(NC2C=CC=C2)CCCCCCCCC(C)([SiH](c2ccccc2)c2ccccc2)C1(C)C. The van der Waals surface area contributed by atoms with Crippen LogP contribution >= 0.6 is 0 Å². The Morgan fingerprint density at radius 1 is 0.647 bits per heavy atom. The Morgan fingerprint density at radius 3 is 1.65 bits per heavy atom. The Kier molecular flexibility index (Phi) is 8.00. The van der Waals surface area contributed by atoms with Crippen molar-refractivity contribution in [2.24, 2.45) is 5.41 Å². The fourth-order valence-corrected chi connectivity index (χ4v) is 11.4. The maximum absolute atomic E-state index is 4.18. The Balaban J connectivity index is 1.86. The summed E-state index contributed by atoms with van der Waals surface area (Å²) in [5.41, 5.74) is 0.155. The van der Waals surface area contributed by atoms with E-state index >= 15 is 0 Å². The summed E-state index contributed by atoms with van der Waals surface area (Å²) >= 11 is 0. The zero-order chi connectivity index (χ0) is 24.1. The van der Waals surface area contributed by atoms with Gasteiger partial charge in [0.25, 0.3) is 0 Å². The van der Waals surface area contributed by atoms with Gasteiger partial charge in [-0.25, -0.2) is 0 Å². The van der Waals surface area contributed by atoms with E-state index in [1.54, 1.807) is 10.4 Å². The summed E-state index contributed by atoms with van der Waals surface area (Å²) in [6, 6.07) is 23.4. The topological polar surface area (TPSA) is 12.0 Å². The molecular formula is C32H45NSi. The molecular weight excluding hydrogens is 426 g/mol. The van der Waals surface area contributed by atoms with Crippen molar-refractivity contribution in [2.75, 3.05) is 0 Å². The maximum Gasteiger partial charge on any atom is 0.109 e. The Hall–Kier alpha value is -1.90. The quantitative estimate of drug-likeness (QED) is 0.473. The molecule has 1 N–H and O–H groups in total. The van der Waals surface area contributed by atoms with E-state index in [1.807, 2.05) is 0 Å². The normalized spacial score (nSPS) is 28.1. The van der Waals surface area contributed by atoms with E-state index in [0.717, 1.165) is 0 Å². The fraction of sp³-hybridized carbons (Fsp3) is 0.500. The van der Waals surface area contributed by atoms with Gasteiger partial charge in [-0.05, 0) is 30.2 Å². The molecule has 2 aliphatic rings. The summed E-state index contributed by atoms with van der Waals surface area (Å²) in [5.74, 6) is 0. The molecule has 4 rings (SSSR count). The van der Waals surface area contributed by atoms with Crippen molar-refractivity contribution in [1.82, 2.24) is 5.32 Å². The van der Waals surface area contributed by atoms with Crippen LogP contribution < -0.4 is 15.7 Å². The van der Waals surface area contributed by atoms with Crippen LogP contribution in [-0.2, 0) is 0 Å². The third-order valence-corrected chi connectivity index (χ3v) is 14.0. The van der Waals surface area contributed by atoms with Gasteiger partial charge in [0.2, 0.25) is 0 Å². The lowest BCUT2D eigenvalue weighted by atomic mass is 9.61. The van der Waals surface area contributed by atoms with Crippen LogP contribution in [0.25, 0.3) is 0 Å². The summed E-state index contributed by atoms with van der Waals surface area (Å²) in [4.78, 5) is 0. The molecule has 0 aliphatic heterocycles. The number of benzene rings is 2. The molecule has 1 saturated carbocycles. The van der Waals surface area contributed by atoms with Gasteiger partial charge in [-0.1, -0.05) is 155 Å². The molecule has 0 amide bonds. The summed E-state index contributed by atoms with van der Waals surface area (Å²) in [5, 5.41) is 7.57. The monoisotopic (exact) mass is 471 g/mol. The van der Waals surface area contributed by atoms with Crippen LogP contribution in [0.2, 0.25) is 5.04 Å². The number of nitrogens with one attached hydrogen (secondary N) is 1. The Morgan fingerprint density at radius 2 is 1.12 bits per heavy atom. The van der Waals surface area contributed by atoms with E-state index in [1.165, 1.54) is 51.4 Å². The zero-order valence-electron chi connectivity index (χ0n) is 21.9. The molecule has 1 fully saturated rings. The van der Waals surface area contributed by atoms with Crippen molar-refractivity contribution >= 4 is 19.2 Å². The smallest absolute Gasteiger partial charge is 0.109 e. The van der Waals surface area contributed by atoms with Gasteiger partial charge in [0, 0.05) is 11.6 Å². The molecule has 182 valence electrons. The average molecular weight is 472 g/mol.